The fourth-order valence-electron chi connectivity index (χ4n) is 6.15. The van der Waals surface area contributed by atoms with Gasteiger partial charge in [0.15, 0.2) is 0 Å². The Bertz CT molecular complexity index is 1070. The molecule has 1 saturated carbocycles. The number of hydrogen-bond donors (Lipinski definition) is 3. The highest BCUT2D eigenvalue weighted by molar-refractivity contribution is 7.59. The predicted molar refractivity (Wildman–Crippen MR) is 179 cm³/mol. The van der Waals surface area contributed by atoms with Crippen LogP contribution in [0.25, 0.3) is 0 Å². The Labute approximate surface area is 266 Å². The highest BCUT2D eigenvalue weighted by Gasteiger charge is 2.44. The number of aliphatic hydroxyl groups is 2. The van der Waals surface area contributed by atoms with E-state index in [0.717, 1.165) is 49.0 Å². The van der Waals surface area contributed by atoms with Crippen molar-refractivity contribution in [3.8, 4) is 11.5 Å². The zero-order valence-corrected chi connectivity index (χ0v) is 27.4. The predicted octanol–water partition coefficient (Wildman–Crippen LogP) is 4.86. The number of nitrogens with two attached hydrogens (primary N) is 1. The zero-order valence-electron chi connectivity index (χ0n) is 24.4. The molecule has 2 fully saturated rings. The fourth-order valence-corrected chi connectivity index (χ4v) is 6.15. The van der Waals surface area contributed by atoms with Crippen LogP contribution in [0.1, 0.15) is 62.5 Å². The van der Waals surface area contributed by atoms with E-state index in [2.05, 4.69) is 0 Å². The molecule has 232 valence electrons. The summed E-state index contributed by atoms with van der Waals surface area (Å²) in [6, 6.07) is 15.3. The van der Waals surface area contributed by atoms with Gasteiger partial charge in [0.05, 0.1) is 11.7 Å². The third-order valence-electron chi connectivity index (χ3n) is 8.41. The molecule has 0 spiro atoms. The van der Waals surface area contributed by atoms with Crippen molar-refractivity contribution in [2.24, 2.45) is 17.6 Å². The highest BCUT2D eigenvalue weighted by atomic mass is 32.1. The molecule has 0 radical (unpaired) electrons. The summed E-state index contributed by atoms with van der Waals surface area (Å²) in [5, 5.41) is 22.6. The van der Waals surface area contributed by atoms with E-state index >= 15 is 0 Å². The molecule has 1 heterocycles. The maximum atomic E-state index is 13.4. The molecule has 2 aromatic rings. The van der Waals surface area contributed by atoms with Crippen LogP contribution in [0.3, 0.4) is 0 Å². The molecule has 4 N–H and O–H groups in total. The Morgan fingerprint density at radius 2 is 1.71 bits per heavy atom. The lowest BCUT2D eigenvalue weighted by atomic mass is 9.73. The number of aliphatic hydroxyl groups excluding tert-OH is 1. The van der Waals surface area contributed by atoms with Crippen molar-refractivity contribution in [3.05, 3.63) is 59.7 Å². The van der Waals surface area contributed by atoms with E-state index in [1.165, 1.54) is 0 Å². The van der Waals surface area contributed by atoms with E-state index in [9.17, 15) is 15.0 Å². The van der Waals surface area contributed by atoms with Crippen LogP contribution >= 0.6 is 40.5 Å². The second kappa shape index (κ2) is 17.7. The summed E-state index contributed by atoms with van der Waals surface area (Å²) in [6.07, 6.45) is 5.25. The van der Waals surface area contributed by atoms with Gasteiger partial charge in [-0.3, -0.25) is 4.79 Å². The minimum absolute atomic E-state index is 0. The Kier molecular flexibility index (Phi) is 16.2. The molecule has 2 aliphatic rings. The summed E-state index contributed by atoms with van der Waals surface area (Å²) in [7, 11) is 1.71. The minimum Gasteiger partial charge on any atom is -0.457 e. The Morgan fingerprint density at radius 3 is 2.37 bits per heavy atom. The first kappa shape index (κ1) is 37.6. The Balaban J connectivity index is 0.00000280. The van der Waals surface area contributed by atoms with Gasteiger partial charge in [0.1, 0.15) is 11.5 Å². The molecule has 0 bridgehead atoms. The van der Waals surface area contributed by atoms with Crippen LogP contribution in [-0.2, 0) is 15.1 Å². The van der Waals surface area contributed by atoms with Gasteiger partial charge < -0.3 is 30.3 Å². The third-order valence-corrected chi connectivity index (χ3v) is 8.41. The van der Waals surface area contributed by atoms with Crippen molar-refractivity contribution in [2.75, 3.05) is 26.8 Å². The summed E-state index contributed by atoms with van der Waals surface area (Å²) < 4.78 is 11.6. The number of carbonyl (C=O) groups excluding carboxylic acids is 1. The quantitative estimate of drug-likeness (QED) is 0.308. The molecular formula is C31H50N2O5S3. The number of nitrogens with zero attached hydrogens (tertiary/aromatic N) is 1. The lowest BCUT2D eigenvalue weighted by molar-refractivity contribution is -0.141. The molecule has 0 unspecified atom stereocenters. The van der Waals surface area contributed by atoms with Crippen molar-refractivity contribution in [3.63, 3.8) is 0 Å². The van der Waals surface area contributed by atoms with Crippen LogP contribution < -0.4 is 10.5 Å². The molecule has 1 aliphatic carbocycles. The number of ether oxygens (including phenoxy) is 2. The van der Waals surface area contributed by atoms with E-state index in [1.54, 1.807) is 7.11 Å². The maximum Gasteiger partial charge on any atom is 0.225 e. The monoisotopic (exact) mass is 626 g/mol. The standard InChI is InChI=1S/C31H44N2O5.3H2S/c1-22-11-4-6-14-28(22)38-29-15-7-5-13-25(29)31(36,16-8-3-9-18-37-2)24-12-10-17-33(21-24)30(35)23-19-26(32)27(34)20-23;;;/h4-7,11,13-15,23-24,26-27,34,36H,3,8-10,12,16-21,32H2,1-2H3;3*1H2/t23-,24+,26+,27-,31-;;;/m0.../s1. The molecule has 1 amide bonds. The number of piperidine rings is 1. The highest BCUT2D eigenvalue weighted by Crippen LogP contribution is 2.45. The number of unbranched alkanes of at least 4 members (excludes halogenated alkanes) is 2. The van der Waals surface area contributed by atoms with Gasteiger partial charge in [-0.25, -0.2) is 0 Å². The average molecular weight is 627 g/mol. The maximum absolute atomic E-state index is 13.4. The molecule has 1 saturated heterocycles. The fraction of sp³-hybridized carbons (Fsp3) is 0.581. The van der Waals surface area contributed by atoms with Gasteiger partial charge in [-0.15, -0.1) is 0 Å². The number of methoxy groups -OCH3 is 1. The van der Waals surface area contributed by atoms with Crippen molar-refractivity contribution in [1.82, 2.24) is 4.90 Å². The number of amides is 1. The second-order valence-electron chi connectivity index (χ2n) is 11.1. The van der Waals surface area contributed by atoms with Gasteiger partial charge in [-0.2, -0.15) is 40.5 Å². The number of likely N-dealkylation sites (tertiary alicyclic amines) is 1. The largest absolute Gasteiger partial charge is 0.457 e. The number of hydrogen-bond acceptors (Lipinski definition) is 6. The Morgan fingerprint density at radius 1 is 1.02 bits per heavy atom. The summed E-state index contributed by atoms with van der Waals surface area (Å²) >= 11 is 0. The van der Waals surface area contributed by atoms with E-state index < -0.39 is 11.7 Å². The smallest absolute Gasteiger partial charge is 0.225 e. The van der Waals surface area contributed by atoms with Gasteiger partial charge in [-0.1, -0.05) is 49.2 Å². The van der Waals surface area contributed by atoms with E-state index in [0.29, 0.717) is 44.7 Å². The average Bonchev–Trinajstić information content (AvgIpc) is 3.27. The lowest BCUT2D eigenvalue weighted by Gasteiger charge is -2.44. The number of benzene rings is 2. The molecule has 10 heteroatoms. The summed E-state index contributed by atoms with van der Waals surface area (Å²) in [5.74, 6) is 1.07. The molecule has 1 aliphatic heterocycles. The summed E-state index contributed by atoms with van der Waals surface area (Å²) in [5.41, 5.74) is 6.64. The number of rotatable bonds is 11. The van der Waals surface area contributed by atoms with Crippen LogP contribution in [0.2, 0.25) is 0 Å². The van der Waals surface area contributed by atoms with Crippen LogP contribution in [0.5, 0.6) is 11.5 Å². The third kappa shape index (κ3) is 9.29. The number of aryl methyl sites for hydroxylation is 1. The van der Waals surface area contributed by atoms with Gasteiger partial charge in [0.2, 0.25) is 5.91 Å². The first-order chi connectivity index (χ1) is 18.3. The van der Waals surface area contributed by atoms with Crippen LogP contribution in [0.4, 0.5) is 0 Å². The van der Waals surface area contributed by atoms with Gasteiger partial charge >= 0.3 is 0 Å². The number of para-hydroxylation sites is 2. The summed E-state index contributed by atoms with van der Waals surface area (Å²) in [4.78, 5) is 15.3. The molecule has 41 heavy (non-hydrogen) atoms. The number of carbonyl (C=O) groups is 1. The molecule has 4 rings (SSSR count). The van der Waals surface area contributed by atoms with E-state index in [1.807, 2.05) is 60.4 Å². The molecule has 2 aromatic carbocycles. The van der Waals surface area contributed by atoms with Crippen LogP contribution in [-0.4, -0.2) is 60.0 Å². The van der Waals surface area contributed by atoms with Crippen LogP contribution in [0, 0.1) is 18.8 Å². The Hall–Kier alpha value is -1.40. The van der Waals surface area contributed by atoms with Crippen molar-refractivity contribution >= 4 is 46.4 Å². The lowest BCUT2D eigenvalue weighted by Crippen LogP contribution is -2.49. The topological polar surface area (TPSA) is 105 Å². The van der Waals surface area contributed by atoms with Crippen molar-refractivity contribution < 1.29 is 24.5 Å². The van der Waals surface area contributed by atoms with Gasteiger partial charge in [-0.05, 0) is 63.1 Å². The molecule has 5 atom stereocenters. The van der Waals surface area contributed by atoms with Gasteiger partial charge in [0.25, 0.3) is 0 Å². The summed E-state index contributed by atoms with van der Waals surface area (Å²) in [6.45, 7) is 3.86. The minimum atomic E-state index is -1.16. The van der Waals surface area contributed by atoms with E-state index in [-0.39, 0.29) is 64.3 Å². The van der Waals surface area contributed by atoms with Crippen molar-refractivity contribution in [2.45, 2.75) is 76.0 Å². The van der Waals surface area contributed by atoms with E-state index in [4.69, 9.17) is 15.2 Å². The van der Waals surface area contributed by atoms with Crippen molar-refractivity contribution in [1.29, 1.82) is 0 Å². The normalized spacial score (nSPS) is 23.4. The van der Waals surface area contributed by atoms with Gasteiger partial charge in [0, 0.05) is 50.2 Å². The SMILES string of the molecule is COCCCCC[C@@](O)(c1ccccc1Oc1ccccc1C)[C@@H]1CCCN(C(=O)[C@H]2C[C@@H](N)[C@@H](O)C2)C1.S.S.S. The molecule has 7 nitrogen and oxygen atoms in total. The van der Waals surface area contributed by atoms with Crippen LogP contribution in [0.15, 0.2) is 48.5 Å². The zero-order chi connectivity index (χ0) is 27.1. The molecule has 0 aromatic heterocycles. The first-order valence-electron chi connectivity index (χ1n) is 14.1. The molecular weight excluding hydrogens is 577 g/mol. The first-order valence-corrected chi connectivity index (χ1v) is 14.1. The second-order valence-corrected chi connectivity index (χ2v) is 11.1.